The predicted octanol–water partition coefficient (Wildman–Crippen LogP) is 0.558. The highest BCUT2D eigenvalue weighted by Gasteiger charge is 2.18. The standard InChI is InChI=1S/C8H14O4/c1-6(2)8(9)11-4-7-3-10-5-12-7/h6-7H,3-5H2,1-2H3. The van der Waals surface area contributed by atoms with Gasteiger partial charge in [-0.3, -0.25) is 4.79 Å². The van der Waals surface area contributed by atoms with E-state index in [1.807, 2.05) is 0 Å². The molecule has 0 N–H and O–H groups in total. The molecule has 0 spiro atoms. The van der Waals surface area contributed by atoms with Gasteiger partial charge in [0.05, 0.1) is 12.5 Å². The molecule has 1 rings (SSSR count). The van der Waals surface area contributed by atoms with Crippen LogP contribution in [0.1, 0.15) is 13.8 Å². The molecule has 1 heterocycles. The van der Waals surface area contributed by atoms with Crippen molar-refractivity contribution in [3.63, 3.8) is 0 Å². The fourth-order valence-electron chi connectivity index (χ4n) is 0.810. The van der Waals surface area contributed by atoms with Crippen LogP contribution in [0.15, 0.2) is 0 Å². The summed E-state index contributed by atoms with van der Waals surface area (Å²) in [5.41, 5.74) is 0. The van der Waals surface area contributed by atoms with Gasteiger partial charge in [0.2, 0.25) is 0 Å². The maximum Gasteiger partial charge on any atom is 0.308 e. The Bertz CT molecular complexity index is 149. The topological polar surface area (TPSA) is 44.8 Å². The van der Waals surface area contributed by atoms with Crippen LogP contribution in [0.3, 0.4) is 0 Å². The summed E-state index contributed by atoms with van der Waals surface area (Å²) in [7, 11) is 0. The Morgan fingerprint density at radius 3 is 2.92 bits per heavy atom. The molecule has 1 saturated heterocycles. The van der Waals surface area contributed by atoms with E-state index in [0.717, 1.165) is 0 Å². The van der Waals surface area contributed by atoms with E-state index < -0.39 is 0 Å². The average Bonchev–Trinajstić information content (AvgIpc) is 2.51. The van der Waals surface area contributed by atoms with Crippen LogP contribution in [0.2, 0.25) is 0 Å². The van der Waals surface area contributed by atoms with E-state index in [4.69, 9.17) is 14.2 Å². The normalized spacial score (nSPS) is 23.1. The van der Waals surface area contributed by atoms with Gasteiger partial charge in [0, 0.05) is 0 Å². The van der Waals surface area contributed by atoms with Crippen LogP contribution in [0.5, 0.6) is 0 Å². The highest BCUT2D eigenvalue weighted by molar-refractivity contribution is 5.71. The van der Waals surface area contributed by atoms with Gasteiger partial charge in [-0.2, -0.15) is 0 Å². The lowest BCUT2D eigenvalue weighted by Gasteiger charge is -2.09. The lowest BCUT2D eigenvalue weighted by Crippen LogP contribution is -2.22. The molecular formula is C8H14O4. The first kappa shape index (κ1) is 9.48. The fraction of sp³-hybridized carbons (Fsp3) is 0.875. The Hall–Kier alpha value is -0.610. The molecule has 0 aliphatic carbocycles. The van der Waals surface area contributed by atoms with E-state index in [-0.39, 0.29) is 18.0 Å². The summed E-state index contributed by atoms with van der Waals surface area (Å²) in [5.74, 6) is -0.266. The van der Waals surface area contributed by atoms with E-state index >= 15 is 0 Å². The first-order valence-electron chi connectivity index (χ1n) is 4.06. The Morgan fingerprint density at radius 2 is 2.42 bits per heavy atom. The Morgan fingerprint density at radius 1 is 1.67 bits per heavy atom. The van der Waals surface area contributed by atoms with Crippen LogP contribution in [0, 0.1) is 5.92 Å². The zero-order valence-corrected chi connectivity index (χ0v) is 7.41. The second kappa shape index (κ2) is 4.42. The molecule has 70 valence electrons. The highest BCUT2D eigenvalue weighted by atomic mass is 16.7. The van der Waals surface area contributed by atoms with Crippen LogP contribution < -0.4 is 0 Å². The molecule has 12 heavy (non-hydrogen) atoms. The summed E-state index contributed by atoms with van der Waals surface area (Å²) in [5, 5.41) is 0. The zero-order chi connectivity index (χ0) is 8.97. The maximum atomic E-state index is 11.0. The molecule has 4 heteroatoms. The predicted molar refractivity (Wildman–Crippen MR) is 41.5 cm³/mol. The van der Waals surface area contributed by atoms with Crippen LogP contribution in [-0.4, -0.2) is 32.1 Å². The first-order chi connectivity index (χ1) is 5.70. The Kier molecular flexibility index (Phi) is 3.49. The number of ether oxygens (including phenoxy) is 3. The van der Waals surface area contributed by atoms with Crippen molar-refractivity contribution in [2.75, 3.05) is 20.0 Å². The molecule has 0 amide bonds. The first-order valence-corrected chi connectivity index (χ1v) is 4.06. The Labute approximate surface area is 71.8 Å². The van der Waals surface area contributed by atoms with Gasteiger partial charge < -0.3 is 14.2 Å². The van der Waals surface area contributed by atoms with Crippen molar-refractivity contribution < 1.29 is 19.0 Å². The van der Waals surface area contributed by atoms with Gasteiger partial charge in [0.15, 0.2) is 0 Å². The van der Waals surface area contributed by atoms with Crippen molar-refractivity contribution in [1.82, 2.24) is 0 Å². The summed E-state index contributed by atoms with van der Waals surface area (Å²) in [4.78, 5) is 11.0. The molecule has 0 aromatic carbocycles. The maximum absolute atomic E-state index is 11.0. The van der Waals surface area contributed by atoms with Gasteiger partial charge in [0.1, 0.15) is 19.5 Å². The van der Waals surface area contributed by atoms with Gasteiger partial charge in [-0.05, 0) is 0 Å². The molecule has 0 bridgehead atoms. The zero-order valence-electron chi connectivity index (χ0n) is 7.41. The summed E-state index contributed by atoms with van der Waals surface area (Å²) in [6, 6.07) is 0. The number of carbonyl (C=O) groups excluding carboxylic acids is 1. The van der Waals surface area contributed by atoms with Crippen molar-refractivity contribution in [3.05, 3.63) is 0 Å². The second-order valence-electron chi connectivity index (χ2n) is 3.06. The molecule has 1 aliphatic rings. The van der Waals surface area contributed by atoms with Crippen molar-refractivity contribution in [2.45, 2.75) is 20.0 Å². The minimum absolute atomic E-state index is 0.0762. The monoisotopic (exact) mass is 174 g/mol. The third-order valence-corrected chi connectivity index (χ3v) is 1.57. The minimum Gasteiger partial charge on any atom is -0.463 e. The number of hydrogen-bond donors (Lipinski definition) is 0. The summed E-state index contributed by atoms with van der Waals surface area (Å²) < 4.78 is 15.0. The van der Waals surface area contributed by atoms with Gasteiger partial charge in [-0.25, -0.2) is 0 Å². The van der Waals surface area contributed by atoms with Crippen molar-refractivity contribution in [2.24, 2.45) is 5.92 Å². The summed E-state index contributed by atoms with van der Waals surface area (Å²) in [6.45, 7) is 4.73. The molecule has 4 nitrogen and oxygen atoms in total. The molecule has 1 atom stereocenters. The summed E-state index contributed by atoms with van der Waals surface area (Å²) in [6.07, 6.45) is -0.0762. The molecule has 0 aromatic heterocycles. The van der Waals surface area contributed by atoms with Gasteiger partial charge in [-0.15, -0.1) is 0 Å². The van der Waals surface area contributed by atoms with E-state index in [1.165, 1.54) is 0 Å². The number of hydrogen-bond acceptors (Lipinski definition) is 4. The molecule has 1 unspecified atom stereocenters. The molecule has 0 aromatic rings. The smallest absolute Gasteiger partial charge is 0.308 e. The SMILES string of the molecule is CC(C)C(=O)OCC1COCO1. The number of carbonyl (C=O) groups is 1. The quantitative estimate of drug-likeness (QED) is 0.586. The fourth-order valence-corrected chi connectivity index (χ4v) is 0.810. The van der Waals surface area contributed by atoms with E-state index in [1.54, 1.807) is 13.8 Å². The van der Waals surface area contributed by atoms with Crippen LogP contribution in [-0.2, 0) is 19.0 Å². The molecule has 1 aliphatic heterocycles. The highest BCUT2D eigenvalue weighted by Crippen LogP contribution is 2.04. The van der Waals surface area contributed by atoms with E-state index in [0.29, 0.717) is 20.0 Å². The van der Waals surface area contributed by atoms with Gasteiger partial charge in [-0.1, -0.05) is 13.8 Å². The molecule has 0 saturated carbocycles. The molecule has 1 fully saturated rings. The average molecular weight is 174 g/mol. The van der Waals surface area contributed by atoms with Crippen molar-refractivity contribution >= 4 is 5.97 Å². The van der Waals surface area contributed by atoms with E-state index in [2.05, 4.69) is 0 Å². The minimum atomic E-state index is -0.189. The molecular weight excluding hydrogens is 160 g/mol. The van der Waals surface area contributed by atoms with Gasteiger partial charge in [0.25, 0.3) is 0 Å². The summed E-state index contributed by atoms with van der Waals surface area (Å²) >= 11 is 0. The third-order valence-electron chi connectivity index (χ3n) is 1.57. The number of esters is 1. The van der Waals surface area contributed by atoms with Crippen molar-refractivity contribution in [3.8, 4) is 0 Å². The second-order valence-corrected chi connectivity index (χ2v) is 3.06. The largest absolute Gasteiger partial charge is 0.463 e. The van der Waals surface area contributed by atoms with Crippen LogP contribution in [0.4, 0.5) is 0 Å². The molecule has 0 radical (unpaired) electrons. The van der Waals surface area contributed by atoms with E-state index in [9.17, 15) is 4.79 Å². The third kappa shape index (κ3) is 2.79. The van der Waals surface area contributed by atoms with Crippen LogP contribution in [0.25, 0.3) is 0 Å². The van der Waals surface area contributed by atoms with Crippen molar-refractivity contribution in [1.29, 1.82) is 0 Å². The van der Waals surface area contributed by atoms with Crippen LogP contribution >= 0.6 is 0 Å². The lowest BCUT2D eigenvalue weighted by molar-refractivity contribution is -0.150. The lowest BCUT2D eigenvalue weighted by atomic mass is 10.2. The van der Waals surface area contributed by atoms with Gasteiger partial charge >= 0.3 is 5.97 Å². The Balaban J connectivity index is 2.12. The number of rotatable bonds is 3.